The molecule has 4 aromatic rings. The summed E-state index contributed by atoms with van der Waals surface area (Å²) in [6, 6.07) is 22.5. The van der Waals surface area contributed by atoms with Gasteiger partial charge >= 0.3 is 0 Å². The van der Waals surface area contributed by atoms with Crippen molar-refractivity contribution < 1.29 is 4.79 Å². The van der Waals surface area contributed by atoms with E-state index in [4.69, 9.17) is 23.2 Å². The van der Waals surface area contributed by atoms with Crippen molar-refractivity contribution in [1.82, 2.24) is 9.78 Å². The fraction of sp³-hybridized carbons (Fsp3) is 0.154. The Labute approximate surface area is 198 Å². The molecule has 0 radical (unpaired) electrons. The number of para-hydroxylation sites is 1. The first-order valence-corrected chi connectivity index (χ1v) is 11.2. The van der Waals surface area contributed by atoms with Gasteiger partial charge in [0.1, 0.15) is 0 Å². The SMILES string of the molecule is CC.Cc1ccc(-n2nc(C(=O)Nc3ccccc3)c(C)c2-c2ccc(Cl)cc2)c(Cl)c1. The van der Waals surface area contributed by atoms with Gasteiger partial charge < -0.3 is 5.32 Å². The van der Waals surface area contributed by atoms with Crippen molar-refractivity contribution in [2.45, 2.75) is 27.7 Å². The topological polar surface area (TPSA) is 46.9 Å². The van der Waals surface area contributed by atoms with E-state index < -0.39 is 0 Å². The maximum Gasteiger partial charge on any atom is 0.276 e. The Morgan fingerprint density at radius 2 is 1.56 bits per heavy atom. The van der Waals surface area contributed by atoms with Gasteiger partial charge in [-0.25, -0.2) is 4.68 Å². The number of hydrogen-bond donors (Lipinski definition) is 1. The van der Waals surface area contributed by atoms with Gasteiger partial charge in [-0.05, 0) is 55.8 Å². The van der Waals surface area contributed by atoms with Crippen LogP contribution in [0.2, 0.25) is 10.0 Å². The van der Waals surface area contributed by atoms with Gasteiger partial charge in [0, 0.05) is 21.8 Å². The molecule has 0 unspecified atom stereocenters. The molecule has 0 aliphatic carbocycles. The van der Waals surface area contributed by atoms with Gasteiger partial charge in [-0.3, -0.25) is 4.79 Å². The van der Waals surface area contributed by atoms with Gasteiger partial charge in [0.25, 0.3) is 5.91 Å². The highest BCUT2D eigenvalue weighted by Crippen LogP contribution is 2.32. The highest BCUT2D eigenvalue weighted by Gasteiger charge is 2.23. The average Bonchev–Trinajstić information content (AvgIpc) is 3.13. The maximum atomic E-state index is 13.0. The summed E-state index contributed by atoms with van der Waals surface area (Å²) in [5.74, 6) is -0.282. The second-order valence-electron chi connectivity index (χ2n) is 7.02. The van der Waals surface area contributed by atoms with Crippen molar-refractivity contribution in [3.8, 4) is 16.9 Å². The summed E-state index contributed by atoms with van der Waals surface area (Å²) >= 11 is 12.6. The zero-order chi connectivity index (χ0) is 23.3. The molecule has 0 saturated heterocycles. The maximum absolute atomic E-state index is 13.0. The van der Waals surface area contributed by atoms with Crippen LogP contribution in [0.1, 0.15) is 35.5 Å². The van der Waals surface area contributed by atoms with Crippen LogP contribution >= 0.6 is 23.2 Å². The van der Waals surface area contributed by atoms with Crippen molar-refractivity contribution in [3.63, 3.8) is 0 Å². The molecule has 0 bridgehead atoms. The van der Waals surface area contributed by atoms with E-state index >= 15 is 0 Å². The molecule has 1 heterocycles. The number of nitrogens with one attached hydrogen (secondary N) is 1. The van der Waals surface area contributed by atoms with E-state index in [9.17, 15) is 4.79 Å². The summed E-state index contributed by atoms with van der Waals surface area (Å²) in [6.07, 6.45) is 0. The standard InChI is InChI=1S/C24H19Cl2N3O.C2H6/c1-15-8-13-21(20(26)14-15)29-23(17-9-11-18(25)12-10-17)16(2)22(28-29)24(30)27-19-6-4-3-5-7-19;1-2/h3-14H,1-2H3,(H,27,30);1-2H3. The van der Waals surface area contributed by atoms with E-state index in [1.807, 2.05) is 100 Å². The van der Waals surface area contributed by atoms with Crippen LogP contribution in [0.15, 0.2) is 72.8 Å². The lowest BCUT2D eigenvalue weighted by atomic mass is 10.1. The smallest absolute Gasteiger partial charge is 0.276 e. The average molecular weight is 466 g/mol. The molecular formula is C26H25Cl2N3O. The molecule has 3 aromatic carbocycles. The lowest BCUT2D eigenvalue weighted by Crippen LogP contribution is -2.14. The van der Waals surface area contributed by atoms with Crippen molar-refractivity contribution in [3.05, 3.63) is 99.7 Å². The van der Waals surface area contributed by atoms with Crippen LogP contribution < -0.4 is 5.32 Å². The number of anilines is 1. The second-order valence-corrected chi connectivity index (χ2v) is 7.86. The van der Waals surface area contributed by atoms with Gasteiger partial charge in [-0.1, -0.05) is 73.4 Å². The first kappa shape index (κ1) is 23.6. The van der Waals surface area contributed by atoms with Crippen LogP contribution in [0.3, 0.4) is 0 Å². The normalized spacial score (nSPS) is 10.3. The molecule has 0 saturated carbocycles. The Balaban J connectivity index is 0.00000141. The summed E-state index contributed by atoms with van der Waals surface area (Å²) < 4.78 is 1.72. The molecular weight excluding hydrogens is 441 g/mol. The number of nitrogens with zero attached hydrogens (tertiary/aromatic N) is 2. The van der Waals surface area contributed by atoms with Gasteiger partial charge in [-0.15, -0.1) is 0 Å². The summed E-state index contributed by atoms with van der Waals surface area (Å²) in [5.41, 5.74) is 5.22. The Bertz CT molecular complexity index is 1220. The van der Waals surface area contributed by atoms with Gasteiger partial charge in [-0.2, -0.15) is 5.10 Å². The predicted octanol–water partition coefficient (Wildman–Crippen LogP) is 7.74. The van der Waals surface area contributed by atoms with Crippen molar-refractivity contribution in [1.29, 1.82) is 0 Å². The number of halogens is 2. The molecule has 6 heteroatoms. The zero-order valence-corrected chi connectivity index (χ0v) is 20.0. The lowest BCUT2D eigenvalue weighted by molar-refractivity contribution is 0.102. The number of aryl methyl sites for hydroxylation is 1. The van der Waals surface area contributed by atoms with E-state index in [0.29, 0.717) is 27.1 Å². The summed E-state index contributed by atoms with van der Waals surface area (Å²) in [6.45, 7) is 7.86. The van der Waals surface area contributed by atoms with Crippen LogP contribution in [0.4, 0.5) is 5.69 Å². The minimum atomic E-state index is -0.282. The molecule has 32 heavy (non-hydrogen) atoms. The zero-order valence-electron chi connectivity index (χ0n) is 18.5. The second kappa shape index (κ2) is 10.5. The molecule has 164 valence electrons. The number of benzene rings is 3. The van der Waals surface area contributed by atoms with E-state index in [2.05, 4.69) is 10.4 Å². The van der Waals surface area contributed by atoms with Gasteiger partial charge in [0.15, 0.2) is 5.69 Å². The number of hydrogen-bond acceptors (Lipinski definition) is 2. The first-order valence-electron chi connectivity index (χ1n) is 10.4. The van der Waals surface area contributed by atoms with Crippen LogP contribution in [-0.2, 0) is 0 Å². The molecule has 1 aromatic heterocycles. The van der Waals surface area contributed by atoms with E-state index in [0.717, 1.165) is 22.4 Å². The van der Waals surface area contributed by atoms with Crippen molar-refractivity contribution in [2.75, 3.05) is 5.32 Å². The number of carbonyl (C=O) groups is 1. The molecule has 1 N–H and O–H groups in total. The Morgan fingerprint density at radius 3 is 2.19 bits per heavy atom. The predicted molar refractivity (Wildman–Crippen MR) is 134 cm³/mol. The molecule has 0 atom stereocenters. The third kappa shape index (κ3) is 5.04. The Morgan fingerprint density at radius 1 is 0.906 bits per heavy atom. The monoisotopic (exact) mass is 465 g/mol. The number of amides is 1. The third-order valence-corrected chi connectivity index (χ3v) is 5.37. The Kier molecular flexibility index (Phi) is 7.73. The van der Waals surface area contributed by atoms with Crippen LogP contribution in [-0.4, -0.2) is 15.7 Å². The Hall–Kier alpha value is -3.08. The summed E-state index contributed by atoms with van der Waals surface area (Å²) in [7, 11) is 0. The van der Waals surface area contributed by atoms with Crippen LogP contribution in [0.5, 0.6) is 0 Å². The molecule has 1 amide bonds. The minimum Gasteiger partial charge on any atom is -0.321 e. The number of aromatic nitrogens is 2. The fourth-order valence-electron chi connectivity index (χ4n) is 3.33. The van der Waals surface area contributed by atoms with E-state index in [1.54, 1.807) is 4.68 Å². The third-order valence-electron chi connectivity index (χ3n) is 4.82. The number of carbonyl (C=O) groups excluding carboxylic acids is 1. The number of rotatable bonds is 4. The van der Waals surface area contributed by atoms with Gasteiger partial charge in [0.05, 0.1) is 16.4 Å². The first-order chi connectivity index (χ1) is 15.4. The fourth-order valence-corrected chi connectivity index (χ4v) is 3.77. The minimum absolute atomic E-state index is 0.282. The molecule has 0 spiro atoms. The highest BCUT2D eigenvalue weighted by atomic mass is 35.5. The summed E-state index contributed by atoms with van der Waals surface area (Å²) in [4.78, 5) is 13.0. The molecule has 4 rings (SSSR count). The van der Waals surface area contributed by atoms with Crippen molar-refractivity contribution >= 4 is 34.8 Å². The van der Waals surface area contributed by atoms with E-state index in [-0.39, 0.29) is 5.91 Å². The quantitative estimate of drug-likeness (QED) is 0.334. The molecule has 0 aliphatic heterocycles. The molecule has 0 fully saturated rings. The van der Waals surface area contributed by atoms with Crippen molar-refractivity contribution in [2.24, 2.45) is 0 Å². The van der Waals surface area contributed by atoms with E-state index in [1.165, 1.54) is 0 Å². The lowest BCUT2D eigenvalue weighted by Gasteiger charge is -2.11. The molecule has 4 nitrogen and oxygen atoms in total. The highest BCUT2D eigenvalue weighted by molar-refractivity contribution is 6.32. The summed E-state index contributed by atoms with van der Waals surface area (Å²) in [5, 5.41) is 8.75. The largest absolute Gasteiger partial charge is 0.321 e. The van der Waals surface area contributed by atoms with Crippen LogP contribution in [0.25, 0.3) is 16.9 Å². The molecule has 0 aliphatic rings. The van der Waals surface area contributed by atoms with Gasteiger partial charge in [0.2, 0.25) is 0 Å². The van der Waals surface area contributed by atoms with Crippen LogP contribution in [0, 0.1) is 13.8 Å².